The largest absolute Gasteiger partial charge is 0.506 e. The molecule has 0 bridgehead atoms. The van der Waals surface area contributed by atoms with Gasteiger partial charge in [-0.3, -0.25) is 9.59 Å². The zero-order valence-corrected chi connectivity index (χ0v) is 15.8. The number of para-hydroxylation sites is 1. The Bertz CT molecular complexity index is 1150. The molecule has 0 aliphatic carbocycles. The summed E-state index contributed by atoms with van der Waals surface area (Å²) in [4.78, 5) is 27.7. The molecule has 0 atom stereocenters. The molecular weight excluding hydrogens is 374 g/mol. The van der Waals surface area contributed by atoms with Gasteiger partial charge in [0.05, 0.1) is 10.7 Å². The number of fused-ring (bicyclic) bond motifs is 1. The summed E-state index contributed by atoms with van der Waals surface area (Å²) in [6.45, 7) is 1.86. The smallest absolute Gasteiger partial charge is 0.265 e. The first-order valence-corrected chi connectivity index (χ1v) is 9.09. The van der Waals surface area contributed by atoms with E-state index >= 15 is 0 Å². The predicted molar refractivity (Wildman–Crippen MR) is 110 cm³/mol. The van der Waals surface area contributed by atoms with E-state index < -0.39 is 5.91 Å². The molecular formula is C23H16ClNO3. The van der Waals surface area contributed by atoms with E-state index in [1.54, 1.807) is 54.6 Å². The second-order valence-electron chi connectivity index (χ2n) is 6.55. The number of nitrogens with zero attached hydrogens (tertiary/aromatic N) is 1. The number of amides is 2. The van der Waals surface area contributed by atoms with Crippen molar-refractivity contribution in [2.24, 2.45) is 0 Å². The quantitative estimate of drug-likeness (QED) is 0.491. The van der Waals surface area contributed by atoms with Crippen LogP contribution in [0.25, 0.3) is 11.6 Å². The number of halogens is 1. The van der Waals surface area contributed by atoms with E-state index in [4.69, 9.17) is 11.6 Å². The van der Waals surface area contributed by atoms with Gasteiger partial charge in [0.1, 0.15) is 5.75 Å². The maximum absolute atomic E-state index is 13.4. The van der Waals surface area contributed by atoms with E-state index in [0.29, 0.717) is 28.0 Å². The highest BCUT2D eigenvalue weighted by atomic mass is 35.5. The number of imide groups is 1. The van der Waals surface area contributed by atoms with Gasteiger partial charge in [0.25, 0.3) is 11.8 Å². The number of aromatic hydroxyl groups is 1. The first-order chi connectivity index (χ1) is 13.5. The predicted octanol–water partition coefficient (Wildman–Crippen LogP) is 5.08. The summed E-state index contributed by atoms with van der Waals surface area (Å²) in [6.07, 6.45) is 1.68. The van der Waals surface area contributed by atoms with Crippen LogP contribution in [0.1, 0.15) is 27.0 Å². The number of anilines is 1. The summed E-state index contributed by atoms with van der Waals surface area (Å²) in [5, 5.41) is 9.84. The van der Waals surface area contributed by atoms with Crippen LogP contribution in [0.5, 0.6) is 5.75 Å². The number of phenols is 1. The molecule has 3 aromatic carbocycles. The molecule has 4 nitrogen and oxygen atoms in total. The van der Waals surface area contributed by atoms with Crippen LogP contribution in [0.2, 0.25) is 5.02 Å². The highest BCUT2D eigenvalue weighted by Crippen LogP contribution is 2.35. The Morgan fingerprint density at radius 3 is 2.29 bits per heavy atom. The van der Waals surface area contributed by atoms with Crippen molar-refractivity contribution in [2.45, 2.75) is 6.92 Å². The summed E-state index contributed by atoms with van der Waals surface area (Å²) in [5.41, 5.74) is 3.46. The molecule has 0 fully saturated rings. The molecule has 0 aromatic heterocycles. The average molecular weight is 390 g/mol. The van der Waals surface area contributed by atoms with Crippen LogP contribution in [-0.4, -0.2) is 16.9 Å². The Morgan fingerprint density at radius 1 is 0.893 bits per heavy atom. The van der Waals surface area contributed by atoms with Crippen molar-refractivity contribution in [2.75, 3.05) is 4.90 Å². The molecule has 0 spiro atoms. The number of benzene rings is 3. The van der Waals surface area contributed by atoms with Gasteiger partial charge in [-0.25, -0.2) is 4.90 Å². The third kappa shape index (κ3) is 2.98. The molecule has 1 aliphatic rings. The van der Waals surface area contributed by atoms with Crippen molar-refractivity contribution in [1.82, 2.24) is 0 Å². The monoisotopic (exact) mass is 389 g/mol. The zero-order valence-electron chi connectivity index (χ0n) is 15.0. The number of phenolic OH excluding ortho intramolecular Hbond substituents is 1. The van der Waals surface area contributed by atoms with E-state index in [1.165, 1.54) is 11.0 Å². The minimum atomic E-state index is -0.401. The van der Waals surface area contributed by atoms with Crippen molar-refractivity contribution in [1.29, 1.82) is 0 Å². The molecule has 0 saturated heterocycles. The van der Waals surface area contributed by atoms with Crippen LogP contribution in [-0.2, 0) is 4.79 Å². The van der Waals surface area contributed by atoms with Crippen molar-refractivity contribution >= 4 is 40.8 Å². The molecule has 2 amide bonds. The molecule has 3 aromatic rings. The molecule has 0 radical (unpaired) electrons. The lowest BCUT2D eigenvalue weighted by atomic mass is 9.91. The summed E-state index contributed by atoms with van der Waals surface area (Å²) in [6, 6.07) is 19.0. The van der Waals surface area contributed by atoms with Gasteiger partial charge in [-0.15, -0.1) is 0 Å². The number of rotatable bonds is 2. The lowest BCUT2D eigenvalue weighted by molar-refractivity contribution is -0.112. The molecule has 5 heteroatoms. The van der Waals surface area contributed by atoms with Crippen molar-refractivity contribution in [3.63, 3.8) is 0 Å². The molecule has 0 saturated carbocycles. The van der Waals surface area contributed by atoms with Gasteiger partial charge in [-0.05, 0) is 54.0 Å². The lowest BCUT2D eigenvalue weighted by Crippen LogP contribution is -2.42. The molecule has 0 unspecified atom stereocenters. The normalized spacial score (nSPS) is 15.1. The van der Waals surface area contributed by atoms with Crippen LogP contribution >= 0.6 is 11.6 Å². The Balaban J connectivity index is 1.92. The van der Waals surface area contributed by atoms with E-state index in [0.717, 1.165) is 5.56 Å². The maximum Gasteiger partial charge on any atom is 0.265 e. The molecule has 1 heterocycles. The maximum atomic E-state index is 13.4. The van der Waals surface area contributed by atoms with Crippen molar-refractivity contribution in [3.8, 4) is 5.75 Å². The summed E-state index contributed by atoms with van der Waals surface area (Å²) >= 11 is 6.01. The topological polar surface area (TPSA) is 57.6 Å². The number of carbonyl (C=O) groups excluding carboxylic acids is 2. The van der Waals surface area contributed by atoms with E-state index in [9.17, 15) is 14.7 Å². The second-order valence-corrected chi connectivity index (χ2v) is 6.95. The molecule has 1 aliphatic heterocycles. The third-order valence-electron chi connectivity index (χ3n) is 4.72. The molecule has 1 N–H and O–H groups in total. The second kappa shape index (κ2) is 6.98. The van der Waals surface area contributed by atoms with Crippen LogP contribution < -0.4 is 4.90 Å². The minimum Gasteiger partial charge on any atom is -0.506 e. The van der Waals surface area contributed by atoms with Crippen LogP contribution in [0.15, 0.2) is 66.7 Å². The van der Waals surface area contributed by atoms with Crippen LogP contribution in [0.3, 0.4) is 0 Å². The Morgan fingerprint density at radius 2 is 1.57 bits per heavy atom. The standard InChI is InChI=1S/C23H16ClNO3/c1-14-6-2-5-9-20(14)25-22(27)17-8-4-3-7-16(17)18(23(25)28)12-15-10-11-21(26)19(24)13-15/h2-13,26H,1H3/b18-12+. The summed E-state index contributed by atoms with van der Waals surface area (Å²) in [7, 11) is 0. The van der Waals surface area contributed by atoms with Crippen LogP contribution in [0, 0.1) is 6.92 Å². The average Bonchev–Trinajstić information content (AvgIpc) is 2.69. The Labute approximate surface area is 167 Å². The van der Waals surface area contributed by atoms with Gasteiger partial charge >= 0.3 is 0 Å². The number of hydrogen-bond acceptors (Lipinski definition) is 3. The highest BCUT2D eigenvalue weighted by molar-refractivity contribution is 6.43. The Hall–Kier alpha value is -3.37. The van der Waals surface area contributed by atoms with Crippen molar-refractivity contribution in [3.05, 3.63) is 94.0 Å². The molecule has 4 rings (SSSR count). The van der Waals surface area contributed by atoms with Gasteiger partial charge in [0.15, 0.2) is 0 Å². The fourth-order valence-corrected chi connectivity index (χ4v) is 3.49. The number of carbonyl (C=O) groups is 2. The fourth-order valence-electron chi connectivity index (χ4n) is 3.31. The Kier molecular flexibility index (Phi) is 4.49. The van der Waals surface area contributed by atoms with E-state index in [-0.39, 0.29) is 16.7 Å². The first kappa shape index (κ1) is 18.0. The fraction of sp³-hybridized carbons (Fsp3) is 0.0435. The SMILES string of the molecule is Cc1ccccc1N1C(=O)/C(=C/c2ccc(O)c(Cl)c2)c2ccccc2C1=O. The van der Waals surface area contributed by atoms with Gasteiger partial charge in [0.2, 0.25) is 0 Å². The first-order valence-electron chi connectivity index (χ1n) is 8.71. The number of hydrogen-bond donors (Lipinski definition) is 1. The summed E-state index contributed by atoms with van der Waals surface area (Å²) < 4.78 is 0. The van der Waals surface area contributed by atoms with Gasteiger partial charge in [0, 0.05) is 11.1 Å². The van der Waals surface area contributed by atoms with Gasteiger partial charge in [-0.1, -0.05) is 54.1 Å². The zero-order chi connectivity index (χ0) is 19.8. The minimum absolute atomic E-state index is 0.0316. The number of aryl methyl sites for hydroxylation is 1. The summed E-state index contributed by atoms with van der Waals surface area (Å²) in [5.74, 6) is -0.783. The van der Waals surface area contributed by atoms with Crippen LogP contribution in [0.4, 0.5) is 5.69 Å². The van der Waals surface area contributed by atoms with E-state index in [2.05, 4.69) is 0 Å². The highest BCUT2D eigenvalue weighted by Gasteiger charge is 2.36. The lowest BCUT2D eigenvalue weighted by Gasteiger charge is -2.29. The third-order valence-corrected chi connectivity index (χ3v) is 5.03. The van der Waals surface area contributed by atoms with Gasteiger partial charge < -0.3 is 5.11 Å². The van der Waals surface area contributed by atoms with Gasteiger partial charge in [-0.2, -0.15) is 0 Å². The molecule has 138 valence electrons. The van der Waals surface area contributed by atoms with Crippen molar-refractivity contribution < 1.29 is 14.7 Å². The van der Waals surface area contributed by atoms with E-state index in [1.807, 2.05) is 19.1 Å². The molecule has 28 heavy (non-hydrogen) atoms.